The number of thiophene rings is 1. The number of hydrogen-bond donors (Lipinski definition) is 2. The monoisotopic (exact) mass is 609 g/mol. The van der Waals surface area contributed by atoms with Gasteiger partial charge in [-0.2, -0.15) is 4.31 Å². The van der Waals surface area contributed by atoms with Crippen LogP contribution < -0.4 is 10.6 Å². The minimum Gasteiger partial charge on any atom is -0.344 e. The van der Waals surface area contributed by atoms with E-state index in [1.165, 1.54) is 30.0 Å². The van der Waals surface area contributed by atoms with Crippen LogP contribution in [0.5, 0.6) is 0 Å². The number of amides is 2. The predicted molar refractivity (Wildman–Crippen MR) is 159 cm³/mol. The average molecular weight is 610 g/mol. The highest BCUT2D eigenvalue weighted by Crippen LogP contribution is 2.29. The molecule has 1 aliphatic heterocycles. The molecule has 10 nitrogen and oxygen atoms in total. The molecular formula is C30H35N5O5S2. The van der Waals surface area contributed by atoms with Crippen LogP contribution in [0.3, 0.4) is 0 Å². The average Bonchev–Trinajstić information content (AvgIpc) is 3.44. The van der Waals surface area contributed by atoms with Gasteiger partial charge in [-0.1, -0.05) is 44.2 Å². The van der Waals surface area contributed by atoms with Gasteiger partial charge in [-0.05, 0) is 61.6 Å². The van der Waals surface area contributed by atoms with E-state index in [0.29, 0.717) is 30.1 Å². The number of aromatic nitrogens is 2. The van der Waals surface area contributed by atoms with Crippen LogP contribution >= 0.6 is 11.3 Å². The van der Waals surface area contributed by atoms with Crippen LogP contribution in [0.4, 0.5) is 0 Å². The lowest BCUT2D eigenvalue weighted by Gasteiger charge is -2.27. The van der Waals surface area contributed by atoms with Crippen molar-refractivity contribution in [2.24, 2.45) is 5.92 Å². The van der Waals surface area contributed by atoms with E-state index < -0.39 is 28.0 Å². The number of rotatable bonds is 9. The van der Waals surface area contributed by atoms with E-state index in [0.717, 1.165) is 40.6 Å². The Morgan fingerprint density at radius 2 is 1.71 bits per heavy atom. The lowest BCUT2D eigenvalue weighted by atomic mass is 9.84. The number of nitrogens with one attached hydrogen (secondary N) is 2. The molecule has 2 aliphatic rings. The second kappa shape index (κ2) is 13.7. The number of pyridine rings is 2. The summed E-state index contributed by atoms with van der Waals surface area (Å²) in [7, 11) is -3.94. The first-order valence-corrected chi connectivity index (χ1v) is 16.6. The molecule has 3 aromatic rings. The lowest BCUT2D eigenvalue weighted by molar-refractivity contribution is -0.129. The molecular weight excluding hydrogens is 574 g/mol. The number of carbonyl (C=O) groups is 3. The van der Waals surface area contributed by atoms with Gasteiger partial charge in [-0.3, -0.25) is 19.4 Å². The van der Waals surface area contributed by atoms with Crippen molar-refractivity contribution in [1.82, 2.24) is 24.9 Å². The van der Waals surface area contributed by atoms with Gasteiger partial charge < -0.3 is 10.6 Å². The Balaban J connectivity index is 1.27. The Morgan fingerprint density at radius 1 is 0.952 bits per heavy atom. The SMILES string of the molecule is O=C(N[C@@H](CC1CCCCC1)C(=O)N[C@@H]1CCCN(S(=O)(=O)c2ccccn2)CC1=O)c1ccc(-c2ccccn2)s1. The highest BCUT2D eigenvalue weighted by Gasteiger charge is 2.35. The number of hydrogen-bond acceptors (Lipinski definition) is 8. The Hall–Kier alpha value is -3.48. The summed E-state index contributed by atoms with van der Waals surface area (Å²) in [6.07, 6.45) is 9.61. The Bertz CT molecular complexity index is 1490. The lowest BCUT2D eigenvalue weighted by Crippen LogP contribution is -2.53. The van der Waals surface area contributed by atoms with E-state index in [9.17, 15) is 22.8 Å². The van der Waals surface area contributed by atoms with Crippen molar-refractivity contribution >= 4 is 39.0 Å². The van der Waals surface area contributed by atoms with Gasteiger partial charge in [-0.15, -0.1) is 11.3 Å². The zero-order valence-corrected chi connectivity index (χ0v) is 24.9. The molecule has 3 aromatic heterocycles. The van der Waals surface area contributed by atoms with Gasteiger partial charge >= 0.3 is 0 Å². The molecule has 1 aliphatic carbocycles. The number of ketones is 1. The Labute approximate surface area is 250 Å². The number of carbonyl (C=O) groups excluding carboxylic acids is 3. The number of sulfonamides is 1. The van der Waals surface area contributed by atoms with Gasteiger partial charge in [0.1, 0.15) is 6.04 Å². The van der Waals surface area contributed by atoms with Gasteiger partial charge in [0.25, 0.3) is 15.9 Å². The van der Waals surface area contributed by atoms with Crippen molar-refractivity contribution in [2.75, 3.05) is 13.1 Å². The second-order valence-electron chi connectivity index (χ2n) is 10.8. The fraction of sp³-hybridized carbons (Fsp3) is 0.433. The summed E-state index contributed by atoms with van der Waals surface area (Å²) >= 11 is 1.31. The largest absolute Gasteiger partial charge is 0.344 e. The van der Waals surface area contributed by atoms with Crippen LogP contribution in [0.1, 0.15) is 61.0 Å². The van der Waals surface area contributed by atoms with Gasteiger partial charge in [0.2, 0.25) is 5.91 Å². The summed E-state index contributed by atoms with van der Waals surface area (Å²) in [5.74, 6) is -0.861. The highest BCUT2D eigenvalue weighted by atomic mass is 32.2. The maximum absolute atomic E-state index is 13.6. The van der Waals surface area contributed by atoms with Crippen molar-refractivity contribution in [1.29, 1.82) is 0 Å². The highest BCUT2D eigenvalue weighted by molar-refractivity contribution is 7.89. The summed E-state index contributed by atoms with van der Waals surface area (Å²) in [6.45, 7) is -0.203. The van der Waals surface area contributed by atoms with E-state index in [4.69, 9.17) is 0 Å². The molecule has 0 radical (unpaired) electrons. The molecule has 2 N–H and O–H groups in total. The third-order valence-corrected chi connectivity index (χ3v) is 10.7. The molecule has 0 bridgehead atoms. The molecule has 1 saturated carbocycles. The van der Waals surface area contributed by atoms with E-state index in [2.05, 4.69) is 20.6 Å². The maximum Gasteiger partial charge on any atom is 0.262 e. The molecule has 1 saturated heterocycles. The normalized spacial score (nSPS) is 19.5. The zero-order chi connectivity index (χ0) is 29.5. The number of Topliss-reactive ketones (excluding diaryl/α,β-unsaturated/α-hetero) is 1. The zero-order valence-electron chi connectivity index (χ0n) is 23.3. The van der Waals surface area contributed by atoms with Crippen LogP contribution in [0.2, 0.25) is 0 Å². The first-order valence-electron chi connectivity index (χ1n) is 14.4. The topological polar surface area (TPSA) is 138 Å². The maximum atomic E-state index is 13.6. The summed E-state index contributed by atoms with van der Waals surface area (Å²) in [6, 6.07) is 12.1. The van der Waals surface area contributed by atoms with Crippen LogP contribution in [-0.2, 0) is 19.6 Å². The molecule has 2 amide bonds. The number of nitrogens with zero attached hydrogens (tertiary/aromatic N) is 3. The Kier molecular flexibility index (Phi) is 9.76. The van der Waals surface area contributed by atoms with Crippen molar-refractivity contribution in [3.8, 4) is 10.6 Å². The molecule has 222 valence electrons. The van der Waals surface area contributed by atoms with Gasteiger partial charge in [-0.25, -0.2) is 13.4 Å². The predicted octanol–water partition coefficient (Wildman–Crippen LogP) is 3.81. The smallest absolute Gasteiger partial charge is 0.262 e. The molecule has 2 fully saturated rings. The first-order chi connectivity index (χ1) is 20.3. The van der Waals surface area contributed by atoms with Crippen LogP contribution in [0, 0.1) is 5.92 Å². The van der Waals surface area contributed by atoms with Crippen LogP contribution in [0.15, 0.2) is 66.0 Å². The van der Waals surface area contributed by atoms with Crippen molar-refractivity contribution in [3.05, 3.63) is 65.8 Å². The van der Waals surface area contributed by atoms with Crippen molar-refractivity contribution in [3.63, 3.8) is 0 Å². The summed E-state index contributed by atoms with van der Waals surface area (Å²) in [5.41, 5.74) is 0.768. The summed E-state index contributed by atoms with van der Waals surface area (Å²) in [4.78, 5) is 49.7. The molecule has 0 spiro atoms. The molecule has 42 heavy (non-hydrogen) atoms. The first kappa shape index (κ1) is 30.0. The standard InChI is InChI=1S/C30H35N5O5S2/c36-25-20-35(42(39,40)28-13-5-7-17-32-28)18-8-12-22(25)33-29(37)24(19-21-9-2-1-3-10-21)34-30(38)27-15-14-26(41-27)23-11-4-6-16-31-23/h4-7,11,13-17,21-22,24H,1-3,8-10,12,18-20H2,(H,33,37)(H,34,38)/t22-,24+/m1/s1. The molecule has 0 aromatic carbocycles. The van der Waals surface area contributed by atoms with E-state index in [1.54, 1.807) is 24.4 Å². The van der Waals surface area contributed by atoms with Crippen molar-refractivity contribution in [2.45, 2.75) is 68.5 Å². The molecule has 12 heteroatoms. The molecule has 4 heterocycles. The van der Waals surface area contributed by atoms with Gasteiger partial charge in [0, 0.05) is 18.9 Å². The van der Waals surface area contributed by atoms with Gasteiger partial charge in [0.05, 0.1) is 28.0 Å². The van der Waals surface area contributed by atoms with Crippen LogP contribution in [-0.4, -0.2) is 65.5 Å². The Morgan fingerprint density at radius 3 is 2.43 bits per heavy atom. The molecule has 2 atom stereocenters. The summed E-state index contributed by atoms with van der Waals surface area (Å²) in [5, 5.41) is 5.67. The summed E-state index contributed by atoms with van der Waals surface area (Å²) < 4.78 is 27.3. The van der Waals surface area contributed by atoms with Gasteiger partial charge in [0.15, 0.2) is 10.8 Å². The third kappa shape index (κ3) is 7.29. The minimum atomic E-state index is -3.94. The van der Waals surface area contributed by atoms with Crippen molar-refractivity contribution < 1.29 is 22.8 Å². The minimum absolute atomic E-state index is 0.115. The van der Waals surface area contributed by atoms with E-state index in [1.807, 2.05) is 24.3 Å². The van der Waals surface area contributed by atoms with E-state index >= 15 is 0 Å². The second-order valence-corrected chi connectivity index (χ2v) is 13.8. The fourth-order valence-corrected chi connectivity index (χ4v) is 7.84. The fourth-order valence-electron chi connectivity index (χ4n) is 5.58. The molecule has 5 rings (SSSR count). The quantitative estimate of drug-likeness (QED) is 0.376. The molecule has 0 unspecified atom stereocenters. The van der Waals surface area contributed by atoms with Crippen LogP contribution in [0.25, 0.3) is 10.6 Å². The third-order valence-electron chi connectivity index (χ3n) is 7.84. The van der Waals surface area contributed by atoms with E-state index in [-0.39, 0.29) is 29.8 Å².